The molecule has 0 spiro atoms. The van der Waals surface area contributed by atoms with Crippen LogP contribution >= 0.6 is 0 Å². The van der Waals surface area contributed by atoms with Crippen molar-refractivity contribution in [1.82, 2.24) is 4.57 Å². The van der Waals surface area contributed by atoms with E-state index in [1.54, 1.807) is 13.0 Å². The van der Waals surface area contributed by atoms with E-state index in [-0.39, 0.29) is 18.0 Å². The quantitative estimate of drug-likeness (QED) is 0.555. The van der Waals surface area contributed by atoms with Gasteiger partial charge in [-0.25, -0.2) is 0 Å². The van der Waals surface area contributed by atoms with Crippen molar-refractivity contribution in [1.29, 1.82) is 5.26 Å². The second kappa shape index (κ2) is 6.77. The predicted molar refractivity (Wildman–Crippen MR) is 83.0 cm³/mol. The number of nitrogens with zero attached hydrogens (tertiary/aromatic N) is 2. The van der Waals surface area contributed by atoms with Crippen molar-refractivity contribution < 1.29 is 14.9 Å². The van der Waals surface area contributed by atoms with E-state index < -0.39 is 5.56 Å². The Morgan fingerprint density at radius 3 is 2.59 bits per heavy atom. The van der Waals surface area contributed by atoms with E-state index in [1.165, 1.54) is 14.4 Å². The summed E-state index contributed by atoms with van der Waals surface area (Å²) in [7, 11) is 2.18. The lowest BCUT2D eigenvalue weighted by atomic mass is 10.0. The zero-order chi connectivity index (χ0) is 16.3. The highest BCUT2D eigenvalue weighted by Crippen LogP contribution is 2.20. The predicted octanol–water partition coefficient (Wildman–Crippen LogP) is -2.17. The molecule has 1 aliphatic rings. The van der Waals surface area contributed by atoms with Crippen LogP contribution in [0.2, 0.25) is 0 Å². The Labute approximate surface area is 130 Å². The van der Waals surface area contributed by atoms with Gasteiger partial charge in [-0.05, 0) is 12.5 Å². The molecule has 6 heteroatoms. The number of hydrogen-bond donors (Lipinski definition) is 3. The minimum Gasteiger partial charge on any atom is -0.494 e. The number of pyridine rings is 1. The molecule has 0 aliphatic carbocycles. The smallest absolute Gasteiger partial charge is 0.271 e. The van der Waals surface area contributed by atoms with Crippen LogP contribution in [0.25, 0.3) is 0 Å². The van der Waals surface area contributed by atoms with Crippen molar-refractivity contribution in [3.8, 4) is 11.9 Å². The van der Waals surface area contributed by atoms with E-state index >= 15 is 0 Å². The highest BCUT2D eigenvalue weighted by molar-refractivity contribution is 5.45. The first-order valence-electron chi connectivity index (χ1n) is 7.60. The Bertz CT molecular complexity index is 664. The molecule has 0 unspecified atom stereocenters. The van der Waals surface area contributed by atoms with E-state index in [0.717, 1.165) is 26.2 Å². The highest BCUT2D eigenvalue weighted by Gasteiger charge is 2.25. The maximum atomic E-state index is 12.2. The second-order valence-electron chi connectivity index (χ2n) is 6.00. The van der Waals surface area contributed by atoms with Crippen molar-refractivity contribution in [3.05, 3.63) is 39.7 Å². The molecule has 0 amide bonds. The van der Waals surface area contributed by atoms with Crippen molar-refractivity contribution in [2.75, 3.05) is 33.2 Å². The number of allylic oxidation sites excluding steroid dienone is 1. The van der Waals surface area contributed by atoms with Crippen LogP contribution in [-0.4, -0.2) is 42.9 Å². The van der Waals surface area contributed by atoms with Crippen LogP contribution in [0.3, 0.4) is 0 Å². The molecule has 1 aromatic heterocycles. The summed E-state index contributed by atoms with van der Waals surface area (Å²) in [5.74, 6) is -0.0276. The van der Waals surface area contributed by atoms with Crippen molar-refractivity contribution in [3.63, 3.8) is 0 Å². The van der Waals surface area contributed by atoms with Gasteiger partial charge in [-0.1, -0.05) is 6.08 Å². The van der Waals surface area contributed by atoms with Gasteiger partial charge in [0.05, 0.1) is 12.6 Å². The highest BCUT2D eigenvalue weighted by atomic mass is 16.3. The van der Waals surface area contributed by atoms with Crippen molar-refractivity contribution in [2.45, 2.75) is 20.0 Å². The van der Waals surface area contributed by atoms with Gasteiger partial charge in [0.2, 0.25) is 5.88 Å². The van der Waals surface area contributed by atoms with E-state index in [4.69, 9.17) is 0 Å². The normalized spacial score (nSPS) is 21.3. The summed E-state index contributed by atoms with van der Waals surface area (Å²) in [6.07, 6.45) is 1.55. The van der Waals surface area contributed by atoms with Crippen LogP contribution in [0, 0.1) is 18.3 Å². The maximum absolute atomic E-state index is 12.2. The van der Waals surface area contributed by atoms with Crippen LogP contribution in [0.4, 0.5) is 0 Å². The van der Waals surface area contributed by atoms with Crippen LogP contribution in [0.15, 0.2) is 17.4 Å². The Hall–Kier alpha value is -2.10. The molecule has 6 nitrogen and oxygen atoms in total. The summed E-state index contributed by atoms with van der Waals surface area (Å²) in [6, 6.07) is 1.98. The third kappa shape index (κ3) is 3.06. The van der Waals surface area contributed by atoms with Crippen LogP contribution < -0.4 is 15.4 Å². The van der Waals surface area contributed by atoms with Gasteiger partial charge in [0.15, 0.2) is 0 Å². The Morgan fingerprint density at radius 2 is 2.05 bits per heavy atom. The van der Waals surface area contributed by atoms with Crippen molar-refractivity contribution in [2.24, 2.45) is 0 Å². The molecule has 3 N–H and O–H groups in total. The minimum atomic E-state index is -0.445. The van der Waals surface area contributed by atoms with Gasteiger partial charge in [0.25, 0.3) is 5.56 Å². The lowest BCUT2D eigenvalue weighted by Gasteiger charge is -2.28. The Morgan fingerprint density at radius 1 is 1.41 bits per heavy atom. The number of nitriles is 1. The summed E-state index contributed by atoms with van der Waals surface area (Å²) in [5.41, 5.74) is 0.976. The minimum absolute atomic E-state index is 0.0276. The van der Waals surface area contributed by atoms with Gasteiger partial charge >= 0.3 is 0 Å². The summed E-state index contributed by atoms with van der Waals surface area (Å²) in [4.78, 5) is 15.1. The van der Waals surface area contributed by atoms with Gasteiger partial charge in [-0.15, -0.1) is 6.58 Å². The topological polar surface area (TPSA) is 74.9 Å². The Kier molecular flexibility index (Phi) is 5.01. The summed E-state index contributed by atoms with van der Waals surface area (Å²) in [5, 5.41) is 19.7. The first kappa shape index (κ1) is 16.3. The molecule has 118 valence electrons. The largest absolute Gasteiger partial charge is 0.494 e. The number of aromatic hydroxyl groups is 1. The standard InChI is InChI=1S/C16H22N4O2/c1-4-5-20-15(21)13(10-17)12(2)14(16(20)22)11-19-8-6-18(3)7-9-19/h4,22H,1,5-9,11H2,2-3H3/p+2. The number of aromatic nitrogens is 1. The number of rotatable bonds is 4. The fourth-order valence-corrected chi connectivity index (χ4v) is 2.97. The molecule has 2 heterocycles. The summed E-state index contributed by atoms with van der Waals surface area (Å²) in [6.45, 7) is 10.4. The maximum Gasteiger partial charge on any atom is 0.271 e. The van der Waals surface area contributed by atoms with Crippen molar-refractivity contribution >= 4 is 0 Å². The molecule has 0 atom stereocenters. The van der Waals surface area contributed by atoms with Gasteiger partial charge in [-0.2, -0.15) is 5.26 Å². The number of quaternary nitrogens is 2. The molecule has 0 bridgehead atoms. The lowest BCUT2D eigenvalue weighted by molar-refractivity contribution is -1.01. The molecule has 0 saturated carbocycles. The zero-order valence-electron chi connectivity index (χ0n) is 13.3. The molecule has 1 aromatic rings. The first-order valence-corrected chi connectivity index (χ1v) is 7.60. The monoisotopic (exact) mass is 304 g/mol. The molecule has 0 radical (unpaired) electrons. The third-order valence-electron chi connectivity index (χ3n) is 4.47. The second-order valence-corrected chi connectivity index (χ2v) is 6.00. The van der Waals surface area contributed by atoms with Gasteiger partial charge in [0.1, 0.15) is 44.4 Å². The van der Waals surface area contributed by atoms with Gasteiger partial charge < -0.3 is 14.9 Å². The summed E-state index contributed by atoms with van der Waals surface area (Å²) < 4.78 is 1.23. The van der Waals surface area contributed by atoms with Crippen LogP contribution in [-0.2, 0) is 13.1 Å². The van der Waals surface area contributed by atoms with E-state index in [9.17, 15) is 15.2 Å². The van der Waals surface area contributed by atoms with Crippen LogP contribution in [0.5, 0.6) is 5.88 Å². The number of piperazine rings is 1. The molecule has 1 aliphatic heterocycles. The molecular formula is C16H24N4O2+2. The molecule has 2 rings (SSSR count). The van der Waals surface area contributed by atoms with E-state index in [2.05, 4.69) is 13.6 Å². The third-order valence-corrected chi connectivity index (χ3v) is 4.47. The SMILES string of the molecule is C=CCn1c(O)c(C[NH+]2CC[NH+](C)CC2)c(C)c(C#N)c1=O. The molecule has 22 heavy (non-hydrogen) atoms. The van der Waals surface area contributed by atoms with Gasteiger partial charge in [-0.3, -0.25) is 9.36 Å². The van der Waals surface area contributed by atoms with E-state index in [1.807, 2.05) is 6.07 Å². The van der Waals surface area contributed by atoms with E-state index in [0.29, 0.717) is 17.7 Å². The summed E-state index contributed by atoms with van der Waals surface area (Å²) >= 11 is 0. The lowest BCUT2D eigenvalue weighted by Crippen LogP contribution is -3.26. The molecular weight excluding hydrogens is 280 g/mol. The average molecular weight is 304 g/mol. The first-order chi connectivity index (χ1) is 10.5. The number of hydrogen-bond acceptors (Lipinski definition) is 3. The number of likely N-dealkylation sites (N-methyl/N-ethyl adjacent to an activating group) is 1. The van der Waals surface area contributed by atoms with Gasteiger partial charge in [0, 0.05) is 6.54 Å². The fraction of sp³-hybridized carbons (Fsp3) is 0.500. The number of nitrogens with one attached hydrogen (secondary N) is 2. The molecule has 1 saturated heterocycles. The van der Waals surface area contributed by atoms with Crippen LogP contribution in [0.1, 0.15) is 16.7 Å². The Balaban J connectivity index is 2.42. The fourth-order valence-electron chi connectivity index (χ4n) is 2.97. The average Bonchev–Trinajstić information content (AvgIpc) is 2.50. The zero-order valence-corrected chi connectivity index (χ0v) is 13.3. The molecule has 1 fully saturated rings. The molecule has 0 aromatic carbocycles.